The Kier molecular flexibility index (Phi) is 3.27. The van der Waals surface area contributed by atoms with Crippen molar-refractivity contribution in [3.8, 4) is 0 Å². The Balaban J connectivity index is 1.46. The molecule has 2 fully saturated rings. The number of nitrogens with zero attached hydrogens (tertiary/aromatic N) is 2. The fourth-order valence-corrected chi connectivity index (χ4v) is 4.61. The molecule has 0 radical (unpaired) electrons. The van der Waals surface area contributed by atoms with Crippen LogP contribution in [0.2, 0.25) is 0 Å². The van der Waals surface area contributed by atoms with Gasteiger partial charge in [0.25, 0.3) is 0 Å². The van der Waals surface area contributed by atoms with Crippen LogP contribution in [0.3, 0.4) is 0 Å². The van der Waals surface area contributed by atoms with E-state index in [4.69, 9.17) is 0 Å². The maximum atomic E-state index is 4.62. The first-order valence-electron chi connectivity index (χ1n) is 8.23. The average molecular weight is 271 g/mol. The molecule has 4 rings (SSSR count). The molecular formula is C17H25N3. The van der Waals surface area contributed by atoms with Crippen LogP contribution in [0.1, 0.15) is 55.8 Å². The fraction of sp³-hybridized carbons (Fsp3) is 0.706. The van der Waals surface area contributed by atoms with Crippen molar-refractivity contribution in [3.63, 3.8) is 0 Å². The van der Waals surface area contributed by atoms with Crippen molar-refractivity contribution < 1.29 is 0 Å². The van der Waals surface area contributed by atoms with E-state index in [0.717, 1.165) is 12.1 Å². The van der Waals surface area contributed by atoms with Gasteiger partial charge in [-0.05, 0) is 57.2 Å². The number of piperidine rings is 2. The monoisotopic (exact) mass is 271 g/mol. The minimum Gasteiger partial charge on any atom is -0.306 e. The summed E-state index contributed by atoms with van der Waals surface area (Å²) in [5.74, 6) is 0. The summed E-state index contributed by atoms with van der Waals surface area (Å²) in [6, 6.07) is 7.13. The second-order valence-electron chi connectivity index (χ2n) is 6.88. The average Bonchev–Trinajstić information content (AvgIpc) is 2.83. The van der Waals surface area contributed by atoms with Crippen molar-refractivity contribution in [2.75, 3.05) is 7.05 Å². The van der Waals surface area contributed by atoms with Gasteiger partial charge in [-0.2, -0.15) is 0 Å². The Morgan fingerprint density at radius 3 is 2.80 bits per heavy atom. The van der Waals surface area contributed by atoms with Gasteiger partial charge in [-0.25, -0.2) is 0 Å². The molecule has 1 N–H and O–H groups in total. The molecule has 108 valence electrons. The lowest BCUT2D eigenvalue weighted by molar-refractivity contribution is 0.0456. The number of rotatable bonds is 2. The minimum absolute atomic E-state index is 0.500. The van der Waals surface area contributed by atoms with E-state index < -0.39 is 0 Å². The maximum absolute atomic E-state index is 4.62. The molecule has 2 aliphatic heterocycles. The smallest absolute Gasteiger partial charge is 0.0605 e. The van der Waals surface area contributed by atoms with Gasteiger partial charge in [0.15, 0.2) is 0 Å². The van der Waals surface area contributed by atoms with Gasteiger partial charge in [0, 0.05) is 24.3 Å². The molecule has 3 heteroatoms. The normalized spacial score (nSPS) is 36.9. The van der Waals surface area contributed by atoms with E-state index >= 15 is 0 Å². The Labute approximate surface area is 121 Å². The molecule has 3 unspecified atom stereocenters. The molecule has 1 aromatic heterocycles. The first-order chi connectivity index (χ1) is 9.81. The van der Waals surface area contributed by atoms with Crippen molar-refractivity contribution in [1.29, 1.82) is 0 Å². The van der Waals surface area contributed by atoms with Crippen LogP contribution in [-0.2, 0) is 6.42 Å². The molecule has 20 heavy (non-hydrogen) atoms. The topological polar surface area (TPSA) is 28.2 Å². The zero-order chi connectivity index (χ0) is 13.5. The highest BCUT2D eigenvalue weighted by Gasteiger charge is 2.37. The highest BCUT2D eigenvalue weighted by atomic mass is 15.2. The quantitative estimate of drug-likeness (QED) is 0.896. The molecule has 0 saturated carbocycles. The van der Waals surface area contributed by atoms with Crippen LogP contribution in [0.25, 0.3) is 0 Å². The van der Waals surface area contributed by atoms with Gasteiger partial charge in [-0.15, -0.1) is 0 Å². The Morgan fingerprint density at radius 2 is 2.00 bits per heavy atom. The van der Waals surface area contributed by atoms with Crippen LogP contribution in [0.5, 0.6) is 0 Å². The molecule has 0 spiro atoms. The molecular weight excluding hydrogens is 246 g/mol. The molecule has 1 aliphatic carbocycles. The van der Waals surface area contributed by atoms with E-state index in [1.807, 2.05) is 6.20 Å². The summed E-state index contributed by atoms with van der Waals surface area (Å²) in [5.41, 5.74) is 2.77. The van der Waals surface area contributed by atoms with Crippen LogP contribution in [0.4, 0.5) is 0 Å². The summed E-state index contributed by atoms with van der Waals surface area (Å²) in [4.78, 5) is 7.26. The van der Waals surface area contributed by atoms with E-state index in [1.165, 1.54) is 56.2 Å². The number of fused-ring (bicyclic) bond motifs is 3. The SMILES string of the molecule is CN1C2CCCC1CC(NC1CCc3cccnc31)C2. The van der Waals surface area contributed by atoms with Gasteiger partial charge in [0.2, 0.25) is 0 Å². The summed E-state index contributed by atoms with van der Waals surface area (Å²) < 4.78 is 0. The van der Waals surface area contributed by atoms with E-state index in [-0.39, 0.29) is 0 Å². The van der Waals surface area contributed by atoms with Gasteiger partial charge in [0.1, 0.15) is 0 Å². The van der Waals surface area contributed by atoms with E-state index in [2.05, 4.69) is 34.4 Å². The predicted molar refractivity (Wildman–Crippen MR) is 80.6 cm³/mol. The Bertz CT molecular complexity index is 473. The summed E-state index contributed by atoms with van der Waals surface area (Å²) in [5, 5.41) is 3.93. The van der Waals surface area contributed by atoms with E-state index in [9.17, 15) is 0 Å². The fourth-order valence-electron chi connectivity index (χ4n) is 4.61. The third kappa shape index (κ3) is 2.17. The van der Waals surface area contributed by atoms with Crippen LogP contribution in [0, 0.1) is 0 Å². The van der Waals surface area contributed by atoms with Crippen molar-refractivity contribution in [2.45, 2.75) is 69.1 Å². The van der Waals surface area contributed by atoms with Crippen LogP contribution < -0.4 is 5.32 Å². The molecule has 3 atom stereocenters. The zero-order valence-corrected chi connectivity index (χ0v) is 12.4. The molecule has 2 bridgehead atoms. The minimum atomic E-state index is 0.500. The lowest BCUT2D eigenvalue weighted by Crippen LogP contribution is -2.54. The van der Waals surface area contributed by atoms with E-state index in [1.54, 1.807) is 0 Å². The Hall–Kier alpha value is -0.930. The lowest BCUT2D eigenvalue weighted by atomic mass is 9.82. The number of hydrogen-bond acceptors (Lipinski definition) is 3. The molecule has 1 aromatic rings. The number of hydrogen-bond donors (Lipinski definition) is 1. The van der Waals surface area contributed by atoms with Crippen LogP contribution >= 0.6 is 0 Å². The van der Waals surface area contributed by atoms with E-state index in [0.29, 0.717) is 12.1 Å². The summed E-state index contributed by atoms with van der Waals surface area (Å²) in [6.07, 6.45) is 11.2. The standard InChI is InChI=1S/C17H25N3/c1-20-14-5-2-6-15(20)11-13(10-14)19-16-8-7-12-4-3-9-18-17(12)16/h3-4,9,13-16,19H,2,5-8,10-11H2,1H3. The highest BCUT2D eigenvalue weighted by molar-refractivity contribution is 5.28. The predicted octanol–water partition coefficient (Wildman–Crippen LogP) is 2.67. The Morgan fingerprint density at radius 1 is 1.20 bits per heavy atom. The first kappa shape index (κ1) is 12.8. The second kappa shape index (κ2) is 5.12. The molecule has 3 heterocycles. The van der Waals surface area contributed by atoms with Crippen LogP contribution in [0.15, 0.2) is 18.3 Å². The highest BCUT2D eigenvalue weighted by Crippen LogP contribution is 2.35. The van der Waals surface area contributed by atoms with Gasteiger partial charge in [0.05, 0.1) is 11.7 Å². The summed E-state index contributed by atoms with van der Waals surface area (Å²) >= 11 is 0. The van der Waals surface area contributed by atoms with Crippen molar-refractivity contribution in [1.82, 2.24) is 15.2 Å². The van der Waals surface area contributed by atoms with Crippen molar-refractivity contribution in [2.24, 2.45) is 0 Å². The van der Waals surface area contributed by atoms with Crippen molar-refractivity contribution in [3.05, 3.63) is 29.6 Å². The summed E-state index contributed by atoms with van der Waals surface area (Å²) in [6.45, 7) is 0. The maximum Gasteiger partial charge on any atom is 0.0605 e. The second-order valence-corrected chi connectivity index (χ2v) is 6.88. The largest absolute Gasteiger partial charge is 0.306 e. The van der Waals surface area contributed by atoms with Crippen molar-refractivity contribution >= 4 is 0 Å². The third-order valence-electron chi connectivity index (χ3n) is 5.74. The molecule has 0 amide bonds. The number of aromatic nitrogens is 1. The lowest BCUT2D eigenvalue weighted by Gasteiger charge is -2.47. The molecule has 3 aliphatic rings. The molecule has 3 nitrogen and oxygen atoms in total. The third-order valence-corrected chi connectivity index (χ3v) is 5.74. The van der Waals surface area contributed by atoms with Crippen LogP contribution in [-0.4, -0.2) is 35.1 Å². The van der Waals surface area contributed by atoms with Gasteiger partial charge < -0.3 is 10.2 Å². The van der Waals surface area contributed by atoms with Gasteiger partial charge >= 0.3 is 0 Å². The number of pyridine rings is 1. The van der Waals surface area contributed by atoms with Gasteiger partial charge in [-0.3, -0.25) is 4.98 Å². The number of aryl methyl sites for hydroxylation is 1. The first-order valence-corrected chi connectivity index (χ1v) is 8.23. The molecule has 2 saturated heterocycles. The van der Waals surface area contributed by atoms with Gasteiger partial charge in [-0.1, -0.05) is 12.5 Å². The molecule has 0 aromatic carbocycles. The summed E-state index contributed by atoms with van der Waals surface area (Å²) in [7, 11) is 2.33. The number of nitrogens with one attached hydrogen (secondary N) is 1. The zero-order valence-electron chi connectivity index (χ0n) is 12.4.